The van der Waals surface area contributed by atoms with Gasteiger partial charge >= 0.3 is 0 Å². The second-order valence-corrected chi connectivity index (χ2v) is 7.73. The van der Waals surface area contributed by atoms with Crippen LogP contribution in [0, 0.1) is 6.92 Å². The quantitative estimate of drug-likeness (QED) is 0.777. The van der Waals surface area contributed by atoms with Gasteiger partial charge in [-0.3, -0.25) is 0 Å². The van der Waals surface area contributed by atoms with Gasteiger partial charge in [-0.25, -0.2) is 0 Å². The maximum atomic E-state index is 6.23. The lowest BCUT2D eigenvalue weighted by Crippen LogP contribution is -2.35. The van der Waals surface area contributed by atoms with Gasteiger partial charge in [0.1, 0.15) is 0 Å². The van der Waals surface area contributed by atoms with Gasteiger partial charge in [-0.05, 0) is 57.0 Å². The van der Waals surface area contributed by atoms with Crippen molar-refractivity contribution in [2.45, 2.75) is 49.6 Å². The monoisotopic (exact) mass is 319 g/mol. The van der Waals surface area contributed by atoms with E-state index in [4.69, 9.17) is 11.6 Å². The van der Waals surface area contributed by atoms with E-state index in [1.54, 1.807) is 11.8 Å². The smallest absolute Gasteiger partial charge is 0.0545 e. The highest BCUT2D eigenvalue weighted by Gasteiger charge is 2.09. The molecule has 1 N–H and O–H groups in total. The molecule has 0 aliphatic heterocycles. The van der Waals surface area contributed by atoms with Crippen LogP contribution in [0.15, 0.2) is 52.3 Å². The van der Waals surface area contributed by atoms with Crippen LogP contribution in [0.25, 0.3) is 0 Å². The van der Waals surface area contributed by atoms with Crippen molar-refractivity contribution in [1.29, 1.82) is 0 Å². The van der Waals surface area contributed by atoms with E-state index < -0.39 is 0 Å². The van der Waals surface area contributed by atoms with E-state index >= 15 is 0 Å². The Morgan fingerprint density at radius 1 is 1.05 bits per heavy atom. The van der Waals surface area contributed by atoms with Crippen LogP contribution in [-0.4, -0.2) is 5.54 Å². The molecular weight excluding hydrogens is 298 g/mol. The zero-order chi connectivity index (χ0) is 15.5. The fourth-order valence-corrected chi connectivity index (χ4v) is 3.11. The van der Waals surface area contributed by atoms with E-state index in [2.05, 4.69) is 57.3 Å². The predicted octanol–water partition coefficient (Wildman–Crippen LogP) is 5.69. The molecule has 112 valence electrons. The standard InChI is InChI=1S/C18H22ClNS/c1-13-11-14(12-20-18(2,3)4)9-10-16(13)21-17-8-6-5-7-15(17)19/h5-11,20H,12H2,1-4H3. The van der Waals surface area contributed by atoms with E-state index in [0.29, 0.717) is 0 Å². The summed E-state index contributed by atoms with van der Waals surface area (Å²) >= 11 is 7.95. The second-order valence-electron chi connectivity index (χ2n) is 6.24. The van der Waals surface area contributed by atoms with Gasteiger partial charge in [0.15, 0.2) is 0 Å². The van der Waals surface area contributed by atoms with Crippen LogP contribution in [0.3, 0.4) is 0 Å². The van der Waals surface area contributed by atoms with Crippen molar-refractivity contribution in [3.05, 3.63) is 58.6 Å². The number of hydrogen-bond donors (Lipinski definition) is 1. The average molecular weight is 320 g/mol. The lowest BCUT2D eigenvalue weighted by Gasteiger charge is -2.21. The molecule has 21 heavy (non-hydrogen) atoms. The first kappa shape index (κ1) is 16.4. The third-order valence-electron chi connectivity index (χ3n) is 3.12. The Morgan fingerprint density at radius 2 is 1.76 bits per heavy atom. The Kier molecular flexibility index (Phi) is 5.37. The van der Waals surface area contributed by atoms with Crippen LogP contribution < -0.4 is 5.32 Å². The number of benzene rings is 2. The molecule has 0 spiro atoms. The summed E-state index contributed by atoms with van der Waals surface area (Å²) in [6.07, 6.45) is 0. The van der Waals surface area contributed by atoms with Crippen molar-refractivity contribution < 1.29 is 0 Å². The molecule has 0 aliphatic rings. The van der Waals surface area contributed by atoms with Crippen molar-refractivity contribution in [2.24, 2.45) is 0 Å². The molecule has 3 heteroatoms. The Labute approximate surface area is 137 Å². The summed E-state index contributed by atoms with van der Waals surface area (Å²) < 4.78 is 0. The normalized spacial score (nSPS) is 11.7. The van der Waals surface area contributed by atoms with Crippen LogP contribution in [-0.2, 0) is 6.54 Å². The second kappa shape index (κ2) is 6.87. The Balaban J connectivity index is 2.11. The average Bonchev–Trinajstić information content (AvgIpc) is 2.41. The van der Waals surface area contributed by atoms with Crippen molar-refractivity contribution >= 4 is 23.4 Å². The summed E-state index contributed by atoms with van der Waals surface area (Å²) in [5.74, 6) is 0. The van der Waals surface area contributed by atoms with E-state index in [1.165, 1.54) is 16.0 Å². The lowest BCUT2D eigenvalue weighted by atomic mass is 10.1. The summed E-state index contributed by atoms with van der Waals surface area (Å²) in [4.78, 5) is 2.35. The number of nitrogens with one attached hydrogen (secondary N) is 1. The van der Waals surface area contributed by atoms with Crippen molar-refractivity contribution in [3.8, 4) is 0 Å². The molecule has 0 atom stereocenters. The van der Waals surface area contributed by atoms with Crippen LogP contribution in [0.4, 0.5) is 0 Å². The van der Waals surface area contributed by atoms with Gasteiger partial charge in [0.2, 0.25) is 0 Å². The Hall–Kier alpha value is -0.960. The molecular formula is C18H22ClNS. The fourth-order valence-electron chi connectivity index (χ4n) is 1.95. The third-order valence-corrected chi connectivity index (χ3v) is 4.81. The topological polar surface area (TPSA) is 12.0 Å². The largest absolute Gasteiger partial charge is 0.308 e. The molecule has 0 unspecified atom stereocenters. The highest BCUT2D eigenvalue weighted by atomic mass is 35.5. The molecule has 2 aromatic rings. The van der Waals surface area contributed by atoms with Crippen LogP contribution in [0.1, 0.15) is 31.9 Å². The zero-order valence-electron chi connectivity index (χ0n) is 13.0. The molecule has 0 bridgehead atoms. The first-order chi connectivity index (χ1) is 9.85. The molecule has 0 saturated carbocycles. The summed E-state index contributed by atoms with van der Waals surface area (Å²) in [5, 5.41) is 4.32. The van der Waals surface area contributed by atoms with Crippen molar-refractivity contribution in [1.82, 2.24) is 5.32 Å². The number of halogens is 1. The van der Waals surface area contributed by atoms with Crippen LogP contribution >= 0.6 is 23.4 Å². The first-order valence-electron chi connectivity index (χ1n) is 7.12. The van der Waals surface area contributed by atoms with Gasteiger partial charge in [0, 0.05) is 21.9 Å². The molecule has 2 aromatic carbocycles. The molecule has 2 rings (SSSR count). The molecule has 0 heterocycles. The Morgan fingerprint density at radius 3 is 2.38 bits per heavy atom. The number of rotatable bonds is 4. The maximum absolute atomic E-state index is 6.23. The number of hydrogen-bond acceptors (Lipinski definition) is 2. The SMILES string of the molecule is Cc1cc(CNC(C)(C)C)ccc1Sc1ccccc1Cl. The molecule has 1 nitrogen and oxygen atoms in total. The van der Waals surface area contributed by atoms with E-state index in [9.17, 15) is 0 Å². The maximum Gasteiger partial charge on any atom is 0.0545 e. The van der Waals surface area contributed by atoms with Gasteiger partial charge in [-0.1, -0.05) is 47.6 Å². The van der Waals surface area contributed by atoms with Gasteiger partial charge in [-0.2, -0.15) is 0 Å². The van der Waals surface area contributed by atoms with E-state index in [0.717, 1.165) is 16.5 Å². The zero-order valence-corrected chi connectivity index (χ0v) is 14.6. The summed E-state index contributed by atoms with van der Waals surface area (Å²) in [7, 11) is 0. The van der Waals surface area contributed by atoms with Crippen LogP contribution in [0.5, 0.6) is 0 Å². The molecule has 0 amide bonds. The summed E-state index contributed by atoms with van der Waals surface area (Å²) in [6.45, 7) is 9.59. The van der Waals surface area contributed by atoms with Gasteiger partial charge in [0.05, 0.1) is 5.02 Å². The third kappa shape index (κ3) is 5.06. The molecule has 0 fully saturated rings. The van der Waals surface area contributed by atoms with Gasteiger partial charge < -0.3 is 5.32 Å². The van der Waals surface area contributed by atoms with Crippen molar-refractivity contribution in [3.63, 3.8) is 0 Å². The minimum absolute atomic E-state index is 0.138. The van der Waals surface area contributed by atoms with Crippen LogP contribution in [0.2, 0.25) is 5.02 Å². The minimum atomic E-state index is 0.138. The first-order valence-corrected chi connectivity index (χ1v) is 8.31. The molecule has 0 saturated heterocycles. The molecule has 0 aliphatic carbocycles. The Bertz CT molecular complexity index is 617. The van der Waals surface area contributed by atoms with Gasteiger partial charge in [-0.15, -0.1) is 0 Å². The fraction of sp³-hybridized carbons (Fsp3) is 0.333. The lowest BCUT2D eigenvalue weighted by molar-refractivity contribution is 0.424. The predicted molar refractivity (Wildman–Crippen MR) is 93.3 cm³/mol. The molecule has 0 radical (unpaired) electrons. The van der Waals surface area contributed by atoms with Gasteiger partial charge in [0.25, 0.3) is 0 Å². The summed E-state index contributed by atoms with van der Waals surface area (Å²) in [6, 6.07) is 14.6. The molecule has 0 aromatic heterocycles. The number of aryl methyl sites for hydroxylation is 1. The highest BCUT2D eigenvalue weighted by Crippen LogP contribution is 2.35. The van der Waals surface area contributed by atoms with Crippen molar-refractivity contribution in [2.75, 3.05) is 0 Å². The highest BCUT2D eigenvalue weighted by molar-refractivity contribution is 7.99. The van der Waals surface area contributed by atoms with E-state index in [-0.39, 0.29) is 5.54 Å². The summed E-state index contributed by atoms with van der Waals surface area (Å²) in [5.41, 5.74) is 2.73. The van der Waals surface area contributed by atoms with E-state index in [1.807, 2.05) is 18.2 Å². The minimum Gasteiger partial charge on any atom is -0.308 e.